The van der Waals surface area contributed by atoms with Gasteiger partial charge in [0.25, 0.3) is 11.5 Å². The van der Waals surface area contributed by atoms with Crippen molar-refractivity contribution in [1.29, 1.82) is 0 Å². The largest absolute Gasteiger partial charge is 0.492 e. The lowest BCUT2D eigenvalue weighted by atomic mass is 10.0. The first-order valence-electron chi connectivity index (χ1n) is 13.0. The molecule has 3 aromatic rings. The molecule has 194 valence electrons. The van der Waals surface area contributed by atoms with Crippen molar-refractivity contribution in [1.82, 2.24) is 24.4 Å². The predicted octanol–water partition coefficient (Wildman–Crippen LogP) is 3.44. The van der Waals surface area contributed by atoms with Crippen molar-refractivity contribution in [2.75, 3.05) is 6.54 Å². The quantitative estimate of drug-likeness (QED) is 0.480. The molecule has 0 radical (unpaired) electrons. The van der Waals surface area contributed by atoms with Crippen LogP contribution in [-0.2, 0) is 11.3 Å². The third-order valence-electron chi connectivity index (χ3n) is 7.02. The molecule has 37 heavy (non-hydrogen) atoms. The van der Waals surface area contributed by atoms with Crippen molar-refractivity contribution in [2.45, 2.75) is 65.1 Å². The third kappa shape index (κ3) is 4.77. The zero-order valence-corrected chi connectivity index (χ0v) is 21.5. The molecule has 5 rings (SSSR count). The maximum Gasteiger partial charge on any atom is 0.270 e. The van der Waals surface area contributed by atoms with Gasteiger partial charge in [0.1, 0.15) is 5.65 Å². The average molecular weight is 504 g/mol. The van der Waals surface area contributed by atoms with Crippen molar-refractivity contribution in [2.24, 2.45) is 5.92 Å². The molecule has 2 N–H and O–H groups in total. The minimum Gasteiger partial charge on any atom is -0.492 e. The molecule has 2 aromatic heterocycles. The molecule has 1 saturated carbocycles. The number of aromatic nitrogens is 3. The molecular weight excluding hydrogens is 470 g/mol. The number of likely N-dealkylation sites (tertiary alicyclic amines) is 1. The standard InChI is InChI=1S/C28H33N5O4/c1-17(2)16-32-26-21(13-14-23(34)31-15-7-10-22(31)19-8-5-4-6-9-19)18(3)30-33(26)28(37)24(27(32)36)25(35)29-20-11-12-20/h4-6,8-9,13-14,17,20,22,37H,7,10-12,15-16H2,1-3H3,(H,29,35). The monoisotopic (exact) mass is 503 g/mol. The van der Waals surface area contributed by atoms with Crippen LogP contribution in [-0.4, -0.2) is 48.6 Å². The molecule has 1 aliphatic carbocycles. The van der Waals surface area contributed by atoms with Gasteiger partial charge in [0, 0.05) is 30.8 Å². The van der Waals surface area contributed by atoms with Gasteiger partial charge >= 0.3 is 0 Å². The summed E-state index contributed by atoms with van der Waals surface area (Å²) in [6.45, 7) is 6.70. The Bertz CT molecular complexity index is 1430. The second-order valence-electron chi connectivity index (χ2n) is 10.4. The lowest BCUT2D eigenvalue weighted by Gasteiger charge is -2.23. The van der Waals surface area contributed by atoms with E-state index in [9.17, 15) is 19.5 Å². The molecule has 1 atom stereocenters. The first-order chi connectivity index (χ1) is 17.8. The minimum absolute atomic E-state index is 0.0269. The summed E-state index contributed by atoms with van der Waals surface area (Å²) in [5.74, 6) is -1.11. The van der Waals surface area contributed by atoms with Gasteiger partial charge in [0.05, 0.1) is 11.7 Å². The summed E-state index contributed by atoms with van der Waals surface area (Å²) in [6, 6.07) is 10.1. The molecule has 1 aliphatic heterocycles. The molecule has 1 aromatic carbocycles. The van der Waals surface area contributed by atoms with Crippen LogP contribution in [0.2, 0.25) is 0 Å². The fourth-order valence-electron chi connectivity index (χ4n) is 5.08. The maximum absolute atomic E-state index is 13.5. The normalized spacial score (nSPS) is 17.8. The van der Waals surface area contributed by atoms with Crippen molar-refractivity contribution < 1.29 is 14.7 Å². The number of hydrogen-bond acceptors (Lipinski definition) is 5. The first-order valence-corrected chi connectivity index (χ1v) is 13.0. The molecule has 1 saturated heterocycles. The molecule has 1 unspecified atom stereocenters. The summed E-state index contributed by atoms with van der Waals surface area (Å²) in [4.78, 5) is 41.5. The smallest absolute Gasteiger partial charge is 0.270 e. The van der Waals surface area contributed by atoms with Crippen molar-refractivity contribution >= 4 is 23.5 Å². The van der Waals surface area contributed by atoms with Gasteiger partial charge in [-0.3, -0.25) is 19.0 Å². The highest BCUT2D eigenvalue weighted by Gasteiger charge is 2.31. The highest BCUT2D eigenvalue weighted by molar-refractivity contribution is 5.97. The Balaban J connectivity index is 1.54. The predicted molar refractivity (Wildman–Crippen MR) is 140 cm³/mol. The van der Waals surface area contributed by atoms with E-state index in [1.807, 2.05) is 49.1 Å². The summed E-state index contributed by atoms with van der Waals surface area (Å²) in [5, 5.41) is 18.2. The van der Waals surface area contributed by atoms with Crippen LogP contribution in [0.4, 0.5) is 0 Å². The maximum atomic E-state index is 13.5. The van der Waals surface area contributed by atoms with E-state index in [1.165, 1.54) is 15.2 Å². The highest BCUT2D eigenvalue weighted by Crippen LogP contribution is 2.32. The summed E-state index contributed by atoms with van der Waals surface area (Å²) < 4.78 is 2.73. The van der Waals surface area contributed by atoms with Gasteiger partial charge in [0.15, 0.2) is 5.56 Å². The molecular formula is C28H33N5O4. The number of fused-ring (bicyclic) bond motifs is 1. The Morgan fingerprint density at radius 3 is 2.59 bits per heavy atom. The Hall–Kier alpha value is -3.88. The van der Waals surface area contributed by atoms with E-state index < -0.39 is 17.3 Å². The number of carbonyl (C=O) groups excluding carboxylic acids is 2. The van der Waals surface area contributed by atoms with Gasteiger partial charge in [-0.05, 0) is 50.2 Å². The Kier molecular flexibility index (Phi) is 6.62. The number of rotatable bonds is 7. The second kappa shape index (κ2) is 9.88. The van der Waals surface area contributed by atoms with E-state index in [0.29, 0.717) is 30.0 Å². The second-order valence-corrected chi connectivity index (χ2v) is 10.4. The number of benzene rings is 1. The average Bonchev–Trinajstić information content (AvgIpc) is 3.42. The van der Waals surface area contributed by atoms with Crippen LogP contribution in [0.5, 0.6) is 5.88 Å². The van der Waals surface area contributed by atoms with Gasteiger partial charge in [0.2, 0.25) is 11.8 Å². The topological polar surface area (TPSA) is 109 Å². The number of nitrogens with one attached hydrogen (secondary N) is 1. The minimum atomic E-state index is -0.592. The summed E-state index contributed by atoms with van der Waals surface area (Å²) in [6.07, 6.45) is 6.75. The number of amides is 2. The van der Waals surface area contributed by atoms with E-state index in [4.69, 9.17) is 0 Å². The van der Waals surface area contributed by atoms with Gasteiger partial charge in [-0.1, -0.05) is 44.2 Å². The molecule has 0 spiro atoms. The third-order valence-corrected chi connectivity index (χ3v) is 7.02. The van der Waals surface area contributed by atoms with Crippen molar-refractivity contribution in [3.05, 3.63) is 69.1 Å². The number of hydrogen-bond donors (Lipinski definition) is 2. The molecule has 0 bridgehead atoms. The van der Waals surface area contributed by atoms with Crippen LogP contribution in [0.3, 0.4) is 0 Å². The van der Waals surface area contributed by atoms with Crippen LogP contribution in [0.15, 0.2) is 41.2 Å². The fourth-order valence-corrected chi connectivity index (χ4v) is 5.08. The number of aryl methyl sites for hydroxylation is 1. The van der Waals surface area contributed by atoms with E-state index in [2.05, 4.69) is 10.4 Å². The van der Waals surface area contributed by atoms with Gasteiger partial charge in [-0.25, -0.2) is 0 Å². The number of aromatic hydroxyl groups is 1. The zero-order chi connectivity index (χ0) is 26.3. The zero-order valence-electron chi connectivity index (χ0n) is 21.5. The van der Waals surface area contributed by atoms with Gasteiger partial charge in [-0.2, -0.15) is 9.61 Å². The van der Waals surface area contributed by atoms with E-state index in [-0.39, 0.29) is 29.5 Å². The first kappa shape index (κ1) is 24.8. The van der Waals surface area contributed by atoms with Crippen LogP contribution in [0, 0.1) is 12.8 Å². The van der Waals surface area contributed by atoms with E-state index in [1.54, 1.807) is 13.0 Å². The number of nitrogens with zero attached hydrogens (tertiary/aromatic N) is 4. The Morgan fingerprint density at radius 1 is 1.19 bits per heavy atom. The summed E-state index contributed by atoms with van der Waals surface area (Å²) in [5.41, 5.74) is 1.70. The summed E-state index contributed by atoms with van der Waals surface area (Å²) in [7, 11) is 0. The Morgan fingerprint density at radius 2 is 1.92 bits per heavy atom. The van der Waals surface area contributed by atoms with Crippen LogP contribution >= 0.6 is 0 Å². The molecule has 2 fully saturated rings. The van der Waals surface area contributed by atoms with Crippen LogP contribution in [0.1, 0.15) is 72.8 Å². The van der Waals surface area contributed by atoms with Gasteiger partial charge < -0.3 is 15.3 Å². The lowest BCUT2D eigenvalue weighted by Crippen LogP contribution is -2.36. The molecule has 2 amide bonds. The molecule has 9 heteroatoms. The van der Waals surface area contributed by atoms with E-state index in [0.717, 1.165) is 31.2 Å². The van der Waals surface area contributed by atoms with Crippen LogP contribution < -0.4 is 10.9 Å². The van der Waals surface area contributed by atoms with E-state index >= 15 is 0 Å². The lowest BCUT2D eigenvalue weighted by molar-refractivity contribution is -0.126. The fraction of sp³-hybridized carbons (Fsp3) is 0.429. The van der Waals surface area contributed by atoms with Crippen LogP contribution in [0.25, 0.3) is 11.7 Å². The number of carbonyl (C=O) groups is 2. The van der Waals surface area contributed by atoms with Gasteiger partial charge in [-0.15, -0.1) is 0 Å². The van der Waals surface area contributed by atoms with Crippen molar-refractivity contribution in [3.63, 3.8) is 0 Å². The SMILES string of the molecule is Cc1nn2c(O)c(C(=O)NC3CC3)c(=O)n(CC(C)C)c2c1C=CC(=O)N1CCCC1c1ccccc1. The molecule has 2 aliphatic rings. The highest BCUT2D eigenvalue weighted by atomic mass is 16.3. The molecule has 9 nitrogen and oxygen atoms in total. The Labute approximate surface area is 215 Å². The molecule has 3 heterocycles. The summed E-state index contributed by atoms with van der Waals surface area (Å²) >= 11 is 0. The van der Waals surface area contributed by atoms with Crippen molar-refractivity contribution in [3.8, 4) is 5.88 Å².